The van der Waals surface area contributed by atoms with E-state index in [0.717, 1.165) is 16.2 Å². The zero-order valence-corrected chi connectivity index (χ0v) is 11.8. The van der Waals surface area contributed by atoms with Crippen LogP contribution in [-0.4, -0.2) is 26.4 Å². The minimum Gasteiger partial charge on any atom is -0.441 e. The van der Waals surface area contributed by atoms with E-state index >= 15 is 0 Å². The molecular formula is C15H13NO4S. The summed E-state index contributed by atoms with van der Waals surface area (Å²) in [6, 6.07) is 13.3. The van der Waals surface area contributed by atoms with E-state index in [-0.39, 0.29) is 5.75 Å². The summed E-state index contributed by atoms with van der Waals surface area (Å²) in [5.74, 6) is -0.196. The molecule has 1 aliphatic heterocycles. The Labute approximate surface area is 122 Å². The van der Waals surface area contributed by atoms with Crippen molar-refractivity contribution < 1.29 is 17.9 Å². The van der Waals surface area contributed by atoms with Crippen LogP contribution in [0.1, 0.15) is 0 Å². The molecule has 2 aromatic carbocycles. The molecule has 5 nitrogen and oxygen atoms in total. The lowest BCUT2D eigenvalue weighted by Gasteiger charge is -2.11. The van der Waals surface area contributed by atoms with Crippen molar-refractivity contribution in [2.24, 2.45) is 0 Å². The number of anilines is 1. The quantitative estimate of drug-likeness (QED) is 0.926. The molecule has 1 atom stereocenters. The average Bonchev–Trinajstić information content (AvgIpc) is 2.77. The first kappa shape index (κ1) is 13.6. The molecule has 1 aliphatic rings. The number of hydrogen-bond donors (Lipinski definition) is 1. The second kappa shape index (κ2) is 5.21. The molecule has 1 heterocycles. The van der Waals surface area contributed by atoms with Crippen molar-refractivity contribution in [3.8, 4) is 0 Å². The van der Waals surface area contributed by atoms with E-state index in [1.807, 2.05) is 36.4 Å². The standard InChI is InChI=1S/C15H13NO4S/c17-15(20-14-7-8-21(18,19)10-14)16-13-6-5-11-3-1-2-4-12(11)9-13/h1-9,14H,10H2,(H,16,17). The van der Waals surface area contributed by atoms with Gasteiger partial charge in [-0.1, -0.05) is 30.3 Å². The Kier molecular flexibility index (Phi) is 3.39. The third kappa shape index (κ3) is 3.22. The van der Waals surface area contributed by atoms with Crippen LogP contribution in [-0.2, 0) is 14.6 Å². The van der Waals surface area contributed by atoms with Crippen molar-refractivity contribution in [1.82, 2.24) is 0 Å². The van der Waals surface area contributed by atoms with Crippen LogP contribution in [0.5, 0.6) is 0 Å². The first-order valence-electron chi connectivity index (χ1n) is 6.39. The number of ether oxygens (including phenoxy) is 1. The molecule has 0 saturated heterocycles. The number of nitrogens with one attached hydrogen (secondary N) is 1. The van der Waals surface area contributed by atoms with Crippen LogP contribution in [0.15, 0.2) is 53.9 Å². The third-order valence-electron chi connectivity index (χ3n) is 3.15. The van der Waals surface area contributed by atoms with Gasteiger partial charge in [0.05, 0.1) is 5.75 Å². The minimum absolute atomic E-state index is 0.196. The van der Waals surface area contributed by atoms with Crippen molar-refractivity contribution in [2.75, 3.05) is 11.1 Å². The summed E-state index contributed by atoms with van der Waals surface area (Å²) < 4.78 is 27.5. The van der Waals surface area contributed by atoms with Gasteiger partial charge in [0.15, 0.2) is 9.84 Å². The summed E-state index contributed by atoms with van der Waals surface area (Å²) in [5.41, 5.74) is 0.600. The average molecular weight is 303 g/mol. The van der Waals surface area contributed by atoms with Gasteiger partial charge >= 0.3 is 6.09 Å². The van der Waals surface area contributed by atoms with Gasteiger partial charge < -0.3 is 4.74 Å². The summed E-state index contributed by atoms with van der Waals surface area (Å²) >= 11 is 0. The van der Waals surface area contributed by atoms with E-state index < -0.39 is 22.0 Å². The first-order valence-corrected chi connectivity index (χ1v) is 8.11. The lowest BCUT2D eigenvalue weighted by Crippen LogP contribution is -2.23. The number of carbonyl (C=O) groups is 1. The zero-order chi connectivity index (χ0) is 14.9. The molecule has 3 rings (SSSR count). The SMILES string of the molecule is O=C(Nc1ccc2ccccc2c1)OC1C=CS(=O)(=O)C1. The summed E-state index contributed by atoms with van der Waals surface area (Å²) in [4.78, 5) is 11.8. The minimum atomic E-state index is -3.23. The Bertz CT molecular complexity index is 826. The van der Waals surface area contributed by atoms with Crippen LogP contribution in [0.4, 0.5) is 10.5 Å². The highest BCUT2D eigenvalue weighted by molar-refractivity contribution is 7.94. The van der Waals surface area contributed by atoms with Crippen LogP contribution < -0.4 is 5.32 Å². The predicted molar refractivity (Wildman–Crippen MR) is 80.8 cm³/mol. The molecule has 1 N–H and O–H groups in total. The van der Waals surface area contributed by atoms with Crippen LogP contribution in [0.3, 0.4) is 0 Å². The molecule has 21 heavy (non-hydrogen) atoms. The fraction of sp³-hybridized carbons (Fsp3) is 0.133. The monoisotopic (exact) mass is 303 g/mol. The van der Waals surface area contributed by atoms with Crippen molar-refractivity contribution >= 4 is 32.4 Å². The summed E-state index contributed by atoms with van der Waals surface area (Å²) in [6.07, 6.45) is -0.0255. The van der Waals surface area contributed by atoms with E-state index in [1.54, 1.807) is 6.07 Å². The number of hydrogen-bond acceptors (Lipinski definition) is 4. The molecule has 1 unspecified atom stereocenters. The summed E-state index contributed by atoms with van der Waals surface area (Å²) in [6.45, 7) is 0. The molecule has 0 radical (unpaired) electrons. The number of fused-ring (bicyclic) bond motifs is 1. The molecule has 2 aromatic rings. The first-order chi connectivity index (χ1) is 10.0. The predicted octanol–water partition coefficient (Wildman–Crippen LogP) is 2.70. The van der Waals surface area contributed by atoms with Gasteiger partial charge in [-0.3, -0.25) is 5.32 Å². The van der Waals surface area contributed by atoms with Gasteiger partial charge in [0, 0.05) is 11.1 Å². The van der Waals surface area contributed by atoms with Crippen molar-refractivity contribution in [3.63, 3.8) is 0 Å². The maximum atomic E-state index is 11.8. The van der Waals surface area contributed by atoms with E-state index in [4.69, 9.17) is 4.74 Å². The second-order valence-electron chi connectivity index (χ2n) is 4.79. The highest BCUT2D eigenvalue weighted by Gasteiger charge is 2.24. The van der Waals surface area contributed by atoms with Crippen LogP contribution in [0.25, 0.3) is 10.8 Å². The van der Waals surface area contributed by atoms with Gasteiger partial charge in [-0.05, 0) is 29.0 Å². The molecule has 0 bridgehead atoms. The van der Waals surface area contributed by atoms with Crippen LogP contribution in [0.2, 0.25) is 0 Å². The largest absolute Gasteiger partial charge is 0.441 e. The lowest BCUT2D eigenvalue weighted by molar-refractivity contribution is 0.144. The third-order valence-corrected chi connectivity index (χ3v) is 4.52. The number of carbonyl (C=O) groups excluding carboxylic acids is 1. The van der Waals surface area contributed by atoms with E-state index in [0.29, 0.717) is 5.69 Å². The number of benzene rings is 2. The van der Waals surface area contributed by atoms with Crippen LogP contribution >= 0.6 is 0 Å². The Hall–Kier alpha value is -2.34. The highest BCUT2D eigenvalue weighted by atomic mass is 32.2. The Morgan fingerprint density at radius 2 is 1.90 bits per heavy atom. The van der Waals surface area contributed by atoms with Gasteiger partial charge in [0.25, 0.3) is 0 Å². The lowest BCUT2D eigenvalue weighted by atomic mass is 10.1. The number of rotatable bonds is 2. The molecular weight excluding hydrogens is 290 g/mol. The topological polar surface area (TPSA) is 72.5 Å². The molecule has 6 heteroatoms. The Morgan fingerprint density at radius 1 is 1.14 bits per heavy atom. The maximum Gasteiger partial charge on any atom is 0.412 e. The van der Waals surface area contributed by atoms with E-state index in [2.05, 4.69) is 5.32 Å². The van der Waals surface area contributed by atoms with Gasteiger partial charge in [0.1, 0.15) is 6.10 Å². The van der Waals surface area contributed by atoms with Gasteiger partial charge in [-0.15, -0.1) is 0 Å². The highest BCUT2D eigenvalue weighted by Crippen LogP contribution is 2.19. The van der Waals surface area contributed by atoms with Crippen LogP contribution in [0, 0.1) is 0 Å². The normalized spacial score (nSPS) is 19.5. The Morgan fingerprint density at radius 3 is 2.62 bits per heavy atom. The van der Waals surface area contributed by atoms with E-state index in [9.17, 15) is 13.2 Å². The summed E-state index contributed by atoms with van der Waals surface area (Å²) in [5, 5.41) is 5.74. The van der Waals surface area contributed by atoms with Gasteiger partial charge in [-0.25, -0.2) is 13.2 Å². The smallest absolute Gasteiger partial charge is 0.412 e. The molecule has 0 spiro atoms. The molecule has 108 valence electrons. The molecule has 1 amide bonds. The van der Waals surface area contributed by atoms with Crippen molar-refractivity contribution in [1.29, 1.82) is 0 Å². The zero-order valence-electron chi connectivity index (χ0n) is 11.0. The molecule has 0 aliphatic carbocycles. The fourth-order valence-electron chi connectivity index (χ4n) is 2.17. The molecule has 0 aromatic heterocycles. The molecule has 0 fully saturated rings. The number of sulfone groups is 1. The maximum absolute atomic E-state index is 11.8. The molecule has 0 saturated carbocycles. The van der Waals surface area contributed by atoms with E-state index in [1.165, 1.54) is 6.08 Å². The second-order valence-corrected chi connectivity index (χ2v) is 6.72. The van der Waals surface area contributed by atoms with Crippen molar-refractivity contribution in [2.45, 2.75) is 6.10 Å². The summed E-state index contributed by atoms with van der Waals surface area (Å²) in [7, 11) is -3.23. The van der Waals surface area contributed by atoms with Gasteiger partial charge in [-0.2, -0.15) is 0 Å². The fourth-order valence-corrected chi connectivity index (χ4v) is 3.34. The van der Waals surface area contributed by atoms with Crippen molar-refractivity contribution in [3.05, 3.63) is 53.9 Å². The Balaban J connectivity index is 1.68. The number of amides is 1. The van der Waals surface area contributed by atoms with Gasteiger partial charge in [0.2, 0.25) is 0 Å².